The summed E-state index contributed by atoms with van der Waals surface area (Å²) in [5.41, 5.74) is 6.18. The van der Waals surface area contributed by atoms with Crippen molar-refractivity contribution in [3.63, 3.8) is 0 Å². The van der Waals surface area contributed by atoms with Gasteiger partial charge in [-0.15, -0.1) is 0 Å². The molecule has 0 radical (unpaired) electrons. The predicted molar refractivity (Wildman–Crippen MR) is 141 cm³/mol. The van der Waals surface area contributed by atoms with E-state index in [0.29, 0.717) is 10.9 Å². The van der Waals surface area contributed by atoms with Crippen LogP contribution in [0.1, 0.15) is 58.8 Å². The van der Waals surface area contributed by atoms with Gasteiger partial charge in [-0.1, -0.05) is 0 Å². The van der Waals surface area contributed by atoms with E-state index in [2.05, 4.69) is 20.5 Å². The normalized spacial score (nSPS) is 19.0. The average Bonchev–Trinajstić information content (AvgIpc) is 3.56. The van der Waals surface area contributed by atoms with Crippen molar-refractivity contribution in [3.8, 4) is 17.0 Å². The molecule has 2 amide bonds. The Bertz CT molecular complexity index is 1680. The summed E-state index contributed by atoms with van der Waals surface area (Å²) in [5, 5.41) is 10.1. The van der Waals surface area contributed by atoms with Crippen molar-refractivity contribution in [1.82, 2.24) is 20.5 Å². The quantitative estimate of drug-likeness (QED) is 0.276. The molecule has 4 N–H and O–H groups in total. The number of halogens is 4. The number of ether oxygens (including phenoxy) is 1. The maximum absolute atomic E-state index is 14.5. The van der Waals surface area contributed by atoms with Crippen LogP contribution in [0.3, 0.4) is 0 Å². The smallest absolute Gasteiger partial charge is 0.398 e. The van der Waals surface area contributed by atoms with Crippen LogP contribution in [-0.2, 0) is 10.2 Å². The number of aromatic nitrogens is 3. The van der Waals surface area contributed by atoms with Gasteiger partial charge in [-0.2, -0.15) is 18.3 Å². The maximum atomic E-state index is 14.5. The van der Waals surface area contributed by atoms with Crippen LogP contribution in [0.4, 0.5) is 17.6 Å². The molecule has 2 aliphatic rings. The zero-order chi connectivity index (χ0) is 29.1. The molecule has 8 nitrogen and oxygen atoms in total. The van der Waals surface area contributed by atoms with E-state index in [9.17, 15) is 27.2 Å². The molecule has 41 heavy (non-hydrogen) atoms. The minimum absolute atomic E-state index is 0.0162. The molecule has 0 saturated heterocycles. The number of hydrogen-bond acceptors (Lipinski definition) is 5. The van der Waals surface area contributed by atoms with Gasteiger partial charge < -0.3 is 15.8 Å². The number of fused-ring (bicyclic) bond motifs is 2. The molecular formula is C29H25F4N5O3. The van der Waals surface area contributed by atoms with Gasteiger partial charge in [-0.05, 0) is 73.7 Å². The van der Waals surface area contributed by atoms with E-state index < -0.39 is 47.4 Å². The van der Waals surface area contributed by atoms with Gasteiger partial charge in [0.1, 0.15) is 35.2 Å². The number of alkyl halides is 3. The Labute approximate surface area is 231 Å². The Morgan fingerprint density at radius 3 is 2.59 bits per heavy atom. The minimum Gasteiger partial charge on any atom is -0.489 e. The highest BCUT2D eigenvalue weighted by Crippen LogP contribution is 2.47. The van der Waals surface area contributed by atoms with E-state index in [0.717, 1.165) is 42.1 Å². The number of rotatable bonds is 7. The van der Waals surface area contributed by atoms with Crippen molar-refractivity contribution in [2.45, 2.75) is 43.2 Å². The number of carbonyl (C=O) groups is 2. The summed E-state index contributed by atoms with van der Waals surface area (Å²) >= 11 is 0. The number of nitrogens with zero attached hydrogens (tertiary/aromatic N) is 2. The molecule has 0 unspecified atom stereocenters. The molecular weight excluding hydrogens is 542 g/mol. The standard InChI is InChI=1S/C29H25F4N5O3/c1-28(27(34)40)13-41-25-20(28)10-22(37-24(25)15-4-6-18(30)7-5-15)21(29(31,32)33)12-35-26(39)16-8-17-11-36-38-23(17)19(9-16)14-2-3-14/h4-11,14,21H,2-3,12-13H2,1H3,(H2,34,40)(H,35,39)(H,36,38)/t21-,28+/m1/s1. The molecule has 2 aromatic carbocycles. The van der Waals surface area contributed by atoms with Gasteiger partial charge in [0.05, 0.1) is 17.4 Å². The van der Waals surface area contributed by atoms with Crippen LogP contribution in [0, 0.1) is 5.82 Å². The van der Waals surface area contributed by atoms with Gasteiger partial charge >= 0.3 is 6.18 Å². The monoisotopic (exact) mass is 567 g/mol. The fourth-order valence-electron chi connectivity index (χ4n) is 5.21. The van der Waals surface area contributed by atoms with Crippen LogP contribution in [0.5, 0.6) is 5.75 Å². The van der Waals surface area contributed by atoms with E-state index in [-0.39, 0.29) is 35.1 Å². The molecule has 4 aromatic rings. The van der Waals surface area contributed by atoms with Gasteiger partial charge in [-0.25, -0.2) is 9.37 Å². The zero-order valence-electron chi connectivity index (χ0n) is 21.8. The number of aromatic amines is 1. The molecule has 212 valence electrons. The molecule has 2 aromatic heterocycles. The third-order valence-electron chi connectivity index (χ3n) is 7.83. The Morgan fingerprint density at radius 2 is 1.93 bits per heavy atom. The maximum Gasteiger partial charge on any atom is 0.398 e. The van der Waals surface area contributed by atoms with Gasteiger partial charge in [0.15, 0.2) is 0 Å². The van der Waals surface area contributed by atoms with Crippen molar-refractivity contribution in [3.05, 3.63) is 76.9 Å². The van der Waals surface area contributed by atoms with Crippen LogP contribution in [0.2, 0.25) is 0 Å². The number of amides is 2. The second-order valence-corrected chi connectivity index (χ2v) is 10.7. The van der Waals surface area contributed by atoms with Crippen LogP contribution >= 0.6 is 0 Å². The van der Waals surface area contributed by atoms with E-state index in [1.165, 1.54) is 19.1 Å². The highest BCUT2D eigenvalue weighted by Gasteiger charge is 2.47. The lowest BCUT2D eigenvalue weighted by Crippen LogP contribution is -2.40. The molecule has 1 saturated carbocycles. The van der Waals surface area contributed by atoms with Gasteiger partial charge in [0.25, 0.3) is 5.91 Å². The minimum atomic E-state index is -4.81. The molecule has 1 aliphatic heterocycles. The number of pyridine rings is 1. The Hall–Kier alpha value is -4.48. The highest BCUT2D eigenvalue weighted by atomic mass is 19.4. The van der Waals surface area contributed by atoms with Crippen LogP contribution in [0.15, 0.2) is 48.7 Å². The first kappa shape index (κ1) is 26.7. The summed E-state index contributed by atoms with van der Waals surface area (Å²) in [5.74, 6) is -3.84. The molecule has 3 heterocycles. The molecule has 6 rings (SSSR count). The third-order valence-corrected chi connectivity index (χ3v) is 7.83. The molecule has 0 spiro atoms. The largest absolute Gasteiger partial charge is 0.489 e. The number of nitrogens with two attached hydrogens (primary N) is 1. The third kappa shape index (κ3) is 4.76. The van der Waals surface area contributed by atoms with E-state index in [1.807, 2.05) is 0 Å². The van der Waals surface area contributed by atoms with Gasteiger partial charge in [0, 0.05) is 28.6 Å². The summed E-state index contributed by atoms with van der Waals surface area (Å²) in [6.45, 7) is 0.477. The lowest BCUT2D eigenvalue weighted by atomic mass is 9.82. The predicted octanol–water partition coefficient (Wildman–Crippen LogP) is 4.85. The summed E-state index contributed by atoms with van der Waals surface area (Å²) in [4.78, 5) is 29.8. The second kappa shape index (κ2) is 9.57. The lowest BCUT2D eigenvalue weighted by molar-refractivity contribution is -0.149. The first-order valence-corrected chi connectivity index (χ1v) is 13.0. The Balaban J connectivity index is 1.37. The Morgan fingerprint density at radius 1 is 1.20 bits per heavy atom. The average molecular weight is 568 g/mol. The first-order chi connectivity index (χ1) is 19.5. The fraction of sp³-hybridized carbons (Fsp3) is 0.310. The summed E-state index contributed by atoms with van der Waals surface area (Å²) in [6.07, 6.45) is -1.32. The lowest BCUT2D eigenvalue weighted by Gasteiger charge is -2.24. The summed E-state index contributed by atoms with van der Waals surface area (Å²) in [6, 6.07) is 9.44. The van der Waals surface area contributed by atoms with E-state index in [4.69, 9.17) is 10.5 Å². The highest BCUT2D eigenvalue weighted by molar-refractivity contribution is 5.99. The molecule has 1 fully saturated rings. The van der Waals surface area contributed by atoms with Crippen molar-refractivity contribution >= 4 is 22.7 Å². The topological polar surface area (TPSA) is 123 Å². The van der Waals surface area contributed by atoms with E-state index in [1.54, 1.807) is 18.3 Å². The summed E-state index contributed by atoms with van der Waals surface area (Å²) < 4.78 is 62.9. The van der Waals surface area contributed by atoms with Crippen molar-refractivity contribution in [2.75, 3.05) is 13.2 Å². The number of primary amides is 1. The van der Waals surface area contributed by atoms with E-state index >= 15 is 0 Å². The van der Waals surface area contributed by atoms with Crippen molar-refractivity contribution in [1.29, 1.82) is 0 Å². The molecule has 2 atom stereocenters. The number of nitrogens with one attached hydrogen (secondary N) is 2. The summed E-state index contributed by atoms with van der Waals surface area (Å²) in [7, 11) is 0. The second-order valence-electron chi connectivity index (χ2n) is 10.7. The van der Waals surface area contributed by atoms with Crippen LogP contribution in [0.25, 0.3) is 22.2 Å². The number of hydrogen-bond donors (Lipinski definition) is 3. The molecule has 1 aliphatic carbocycles. The fourth-order valence-corrected chi connectivity index (χ4v) is 5.21. The molecule has 12 heteroatoms. The van der Waals surface area contributed by atoms with Gasteiger partial charge in [0.2, 0.25) is 5.91 Å². The Kier molecular flexibility index (Phi) is 6.24. The molecule has 0 bridgehead atoms. The first-order valence-electron chi connectivity index (χ1n) is 13.0. The zero-order valence-corrected chi connectivity index (χ0v) is 21.8. The van der Waals surface area contributed by atoms with Crippen molar-refractivity contribution < 1.29 is 31.9 Å². The van der Waals surface area contributed by atoms with Crippen LogP contribution in [-0.4, -0.2) is 46.3 Å². The van der Waals surface area contributed by atoms with Crippen LogP contribution < -0.4 is 15.8 Å². The number of H-pyrrole nitrogens is 1. The number of benzene rings is 2. The number of carbonyl (C=O) groups excluding carboxylic acids is 2. The van der Waals surface area contributed by atoms with Crippen molar-refractivity contribution in [2.24, 2.45) is 5.73 Å². The SMILES string of the molecule is C[C@]1(C(N)=O)COc2c1cc([C@@H](CNC(=O)c1cc(C3CC3)c3[nH]ncc3c1)C(F)(F)F)nc2-c1ccc(F)cc1. The van der Waals surface area contributed by atoms with Gasteiger partial charge in [-0.3, -0.25) is 14.7 Å².